The third-order valence-corrected chi connectivity index (χ3v) is 6.24. The van der Waals surface area contributed by atoms with E-state index in [1.165, 1.54) is 32.1 Å². The number of morpholine rings is 1. The summed E-state index contributed by atoms with van der Waals surface area (Å²) in [6, 6.07) is 9.84. The average molecular weight is 530 g/mol. The van der Waals surface area contributed by atoms with Crippen LogP contribution in [-0.2, 0) is 4.74 Å². The summed E-state index contributed by atoms with van der Waals surface area (Å²) in [5, 5.41) is 17.2. The van der Waals surface area contributed by atoms with Crippen LogP contribution in [0.2, 0.25) is 0 Å². The van der Waals surface area contributed by atoms with Crippen LogP contribution in [0.3, 0.4) is 0 Å². The van der Waals surface area contributed by atoms with E-state index in [-0.39, 0.29) is 29.5 Å². The number of rotatable bonds is 8. The topological polar surface area (TPSA) is 69.1 Å². The standard InChI is InChI=1S/C23H38N4O2.HI/c1-2-24-22(25-14-11-21(28)20-9-5-3-6-10-20)26-19-23(12-7-4-8-13-23)27-15-17-29-18-16-27;/h3,5-6,9-10,21,28H,2,4,7-8,11-19H2,1H3,(H2,24,25,26);1H. The van der Waals surface area contributed by atoms with Gasteiger partial charge in [0.05, 0.1) is 25.9 Å². The molecule has 1 heterocycles. The van der Waals surface area contributed by atoms with Gasteiger partial charge in [0.25, 0.3) is 0 Å². The molecule has 1 aliphatic carbocycles. The minimum Gasteiger partial charge on any atom is -0.388 e. The number of aliphatic imine (C=N–C) groups is 1. The molecule has 0 bridgehead atoms. The third kappa shape index (κ3) is 7.35. The lowest BCUT2D eigenvalue weighted by molar-refractivity contribution is -0.0333. The largest absolute Gasteiger partial charge is 0.388 e. The highest BCUT2D eigenvalue weighted by atomic mass is 127. The quantitative estimate of drug-likeness (QED) is 0.274. The van der Waals surface area contributed by atoms with Crippen molar-refractivity contribution in [3.8, 4) is 0 Å². The number of benzene rings is 1. The molecule has 1 unspecified atom stereocenters. The van der Waals surface area contributed by atoms with Gasteiger partial charge in [0, 0.05) is 31.7 Å². The SMILES string of the molecule is CCNC(=NCC1(N2CCOCC2)CCCCC1)NCCC(O)c1ccccc1.I. The van der Waals surface area contributed by atoms with Gasteiger partial charge in [-0.15, -0.1) is 24.0 Å². The summed E-state index contributed by atoms with van der Waals surface area (Å²) in [4.78, 5) is 7.61. The molecule has 3 rings (SSSR count). The second-order valence-corrected chi connectivity index (χ2v) is 8.22. The Morgan fingerprint density at radius 2 is 1.83 bits per heavy atom. The lowest BCUT2D eigenvalue weighted by Crippen LogP contribution is -2.56. The fourth-order valence-corrected chi connectivity index (χ4v) is 4.56. The summed E-state index contributed by atoms with van der Waals surface area (Å²) in [6.07, 6.45) is 6.57. The fourth-order valence-electron chi connectivity index (χ4n) is 4.56. The van der Waals surface area contributed by atoms with Crippen molar-refractivity contribution in [3.05, 3.63) is 35.9 Å². The highest BCUT2D eigenvalue weighted by molar-refractivity contribution is 14.0. The summed E-state index contributed by atoms with van der Waals surface area (Å²) < 4.78 is 5.59. The van der Waals surface area contributed by atoms with E-state index in [9.17, 15) is 5.11 Å². The highest BCUT2D eigenvalue weighted by Crippen LogP contribution is 2.34. The molecule has 6 nitrogen and oxygen atoms in total. The molecule has 1 saturated carbocycles. The van der Waals surface area contributed by atoms with Crippen LogP contribution >= 0.6 is 24.0 Å². The van der Waals surface area contributed by atoms with E-state index < -0.39 is 6.10 Å². The number of hydrogen-bond donors (Lipinski definition) is 3. The van der Waals surface area contributed by atoms with E-state index in [0.717, 1.165) is 50.9 Å². The molecule has 1 aromatic carbocycles. The predicted octanol–water partition coefficient (Wildman–Crippen LogP) is 3.32. The Morgan fingerprint density at radius 1 is 1.13 bits per heavy atom. The van der Waals surface area contributed by atoms with Crippen molar-refractivity contribution in [2.45, 2.75) is 57.1 Å². The average Bonchev–Trinajstić information content (AvgIpc) is 2.79. The Labute approximate surface area is 198 Å². The molecule has 7 heteroatoms. The Kier molecular flexibility index (Phi) is 11.4. The lowest BCUT2D eigenvalue weighted by atomic mass is 9.80. The molecule has 3 N–H and O–H groups in total. The summed E-state index contributed by atoms with van der Waals surface area (Å²) in [6.45, 7) is 8.13. The van der Waals surface area contributed by atoms with E-state index in [1.807, 2.05) is 30.3 Å². The van der Waals surface area contributed by atoms with Crippen molar-refractivity contribution in [1.29, 1.82) is 0 Å². The second-order valence-electron chi connectivity index (χ2n) is 8.22. The van der Waals surface area contributed by atoms with Crippen LogP contribution in [0, 0.1) is 0 Å². The van der Waals surface area contributed by atoms with Gasteiger partial charge in [-0.3, -0.25) is 9.89 Å². The second kappa shape index (κ2) is 13.5. The Hall–Kier alpha value is -0.900. The van der Waals surface area contributed by atoms with Crippen molar-refractivity contribution in [2.75, 3.05) is 45.9 Å². The number of aliphatic hydroxyl groups excluding tert-OH is 1. The Bertz CT molecular complexity index is 617. The highest BCUT2D eigenvalue weighted by Gasteiger charge is 2.38. The van der Waals surface area contributed by atoms with Crippen LogP contribution in [-0.4, -0.2) is 67.4 Å². The van der Waals surface area contributed by atoms with Gasteiger partial charge in [-0.2, -0.15) is 0 Å². The van der Waals surface area contributed by atoms with Gasteiger partial charge in [-0.1, -0.05) is 49.6 Å². The molecule has 0 aromatic heterocycles. The van der Waals surface area contributed by atoms with Gasteiger partial charge in [-0.25, -0.2) is 0 Å². The van der Waals surface area contributed by atoms with Crippen molar-refractivity contribution < 1.29 is 9.84 Å². The fraction of sp³-hybridized carbons (Fsp3) is 0.696. The van der Waals surface area contributed by atoms with Crippen LogP contribution in [0.25, 0.3) is 0 Å². The molecular weight excluding hydrogens is 491 g/mol. The Balaban J connectivity index is 0.00000320. The zero-order valence-electron chi connectivity index (χ0n) is 18.3. The molecule has 1 saturated heterocycles. The maximum absolute atomic E-state index is 10.4. The van der Waals surface area contributed by atoms with E-state index >= 15 is 0 Å². The third-order valence-electron chi connectivity index (χ3n) is 6.24. The molecule has 0 amide bonds. The number of aliphatic hydroxyl groups is 1. The number of nitrogens with zero attached hydrogens (tertiary/aromatic N) is 2. The molecule has 2 fully saturated rings. The molecule has 0 spiro atoms. The summed E-state index contributed by atoms with van der Waals surface area (Å²) in [5.74, 6) is 0.853. The normalized spacial score (nSPS) is 20.8. The van der Waals surface area contributed by atoms with Crippen LogP contribution in [0.1, 0.15) is 57.1 Å². The van der Waals surface area contributed by atoms with E-state index in [1.54, 1.807) is 0 Å². The first-order chi connectivity index (χ1) is 14.2. The van der Waals surface area contributed by atoms with Gasteiger partial charge < -0.3 is 20.5 Å². The van der Waals surface area contributed by atoms with Gasteiger partial charge in [-0.05, 0) is 31.7 Å². The maximum Gasteiger partial charge on any atom is 0.191 e. The smallest absolute Gasteiger partial charge is 0.191 e. The molecule has 1 aliphatic heterocycles. The van der Waals surface area contributed by atoms with E-state index in [2.05, 4.69) is 22.5 Å². The molecule has 0 radical (unpaired) electrons. The van der Waals surface area contributed by atoms with Gasteiger partial charge in [0.2, 0.25) is 0 Å². The monoisotopic (exact) mass is 530 g/mol. The van der Waals surface area contributed by atoms with Crippen molar-refractivity contribution in [2.24, 2.45) is 4.99 Å². The number of guanidine groups is 1. The molecule has 170 valence electrons. The molecule has 30 heavy (non-hydrogen) atoms. The minimum absolute atomic E-state index is 0. The zero-order chi connectivity index (χ0) is 20.4. The number of nitrogens with one attached hydrogen (secondary N) is 2. The number of halogens is 1. The first kappa shape index (κ1) is 25.4. The van der Waals surface area contributed by atoms with Crippen LogP contribution in [0.5, 0.6) is 0 Å². The van der Waals surface area contributed by atoms with Gasteiger partial charge >= 0.3 is 0 Å². The van der Waals surface area contributed by atoms with Crippen molar-refractivity contribution >= 4 is 29.9 Å². The Morgan fingerprint density at radius 3 is 2.50 bits per heavy atom. The molecular formula is C23H39IN4O2. The van der Waals surface area contributed by atoms with Crippen molar-refractivity contribution in [1.82, 2.24) is 15.5 Å². The van der Waals surface area contributed by atoms with E-state index in [0.29, 0.717) is 13.0 Å². The van der Waals surface area contributed by atoms with E-state index in [4.69, 9.17) is 9.73 Å². The predicted molar refractivity (Wildman–Crippen MR) is 134 cm³/mol. The van der Waals surface area contributed by atoms with Crippen LogP contribution in [0.4, 0.5) is 0 Å². The van der Waals surface area contributed by atoms with Crippen LogP contribution in [0.15, 0.2) is 35.3 Å². The molecule has 2 aliphatic rings. The number of ether oxygens (including phenoxy) is 1. The number of hydrogen-bond acceptors (Lipinski definition) is 4. The molecule has 1 atom stereocenters. The van der Waals surface area contributed by atoms with Gasteiger partial charge in [0.1, 0.15) is 0 Å². The summed E-state index contributed by atoms with van der Waals surface area (Å²) in [5.41, 5.74) is 1.14. The minimum atomic E-state index is -0.454. The summed E-state index contributed by atoms with van der Waals surface area (Å²) >= 11 is 0. The van der Waals surface area contributed by atoms with Crippen LogP contribution < -0.4 is 10.6 Å². The summed E-state index contributed by atoms with van der Waals surface area (Å²) in [7, 11) is 0. The van der Waals surface area contributed by atoms with Crippen molar-refractivity contribution in [3.63, 3.8) is 0 Å². The van der Waals surface area contributed by atoms with Gasteiger partial charge in [0.15, 0.2) is 5.96 Å². The molecule has 1 aromatic rings. The zero-order valence-corrected chi connectivity index (χ0v) is 20.6. The first-order valence-electron chi connectivity index (χ1n) is 11.3. The first-order valence-corrected chi connectivity index (χ1v) is 11.3. The lowest BCUT2D eigenvalue weighted by Gasteiger charge is -2.47. The maximum atomic E-state index is 10.4.